The Labute approximate surface area is 88.3 Å². The van der Waals surface area contributed by atoms with Gasteiger partial charge >= 0.3 is 0 Å². The van der Waals surface area contributed by atoms with E-state index in [0.29, 0.717) is 0 Å². The zero-order valence-corrected chi connectivity index (χ0v) is 8.55. The van der Waals surface area contributed by atoms with E-state index in [1.54, 1.807) is 0 Å². The highest BCUT2D eigenvalue weighted by Gasteiger charge is 2.28. The maximum Gasteiger partial charge on any atom is 0.123 e. The van der Waals surface area contributed by atoms with Crippen molar-refractivity contribution in [1.29, 1.82) is 0 Å². The topological polar surface area (TPSA) is 30.4 Å². The maximum atomic E-state index is 5.26. The summed E-state index contributed by atoms with van der Waals surface area (Å²) in [6, 6.07) is 12.3. The molecule has 0 spiro atoms. The molecule has 0 aliphatic carbocycles. The van der Waals surface area contributed by atoms with Gasteiger partial charge in [0.1, 0.15) is 6.10 Å². The first-order valence-corrected chi connectivity index (χ1v) is 5.05. The minimum absolute atomic E-state index is 0.264. The summed E-state index contributed by atoms with van der Waals surface area (Å²) < 4.78 is 7.17. The molecule has 1 aliphatic heterocycles. The first-order valence-electron chi connectivity index (χ1n) is 5.05. The summed E-state index contributed by atoms with van der Waals surface area (Å²) in [5.74, 6) is 0. The van der Waals surface area contributed by atoms with Gasteiger partial charge in [0.15, 0.2) is 0 Å². The van der Waals surface area contributed by atoms with Gasteiger partial charge in [-0.1, -0.05) is 30.3 Å². The maximum absolute atomic E-state index is 5.26. The fourth-order valence-corrected chi connectivity index (χ4v) is 1.75. The van der Waals surface area contributed by atoms with Crippen LogP contribution < -0.4 is 0 Å². The van der Waals surface area contributed by atoms with Crippen molar-refractivity contribution in [3.63, 3.8) is 0 Å². The minimum atomic E-state index is 0.264. The van der Waals surface area contributed by atoms with Crippen molar-refractivity contribution in [2.45, 2.75) is 6.10 Å². The van der Waals surface area contributed by atoms with E-state index in [9.17, 15) is 0 Å². The Morgan fingerprint density at radius 1 is 1.33 bits per heavy atom. The molecule has 1 aromatic heterocycles. The Balaban J connectivity index is 2.02. The summed E-state index contributed by atoms with van der Waals surface area (Å²) >= 11 is 0. The van der Waals surface area contributed by atoms with Crippen LogP contribution in [-0.2, 0) is 11.8 Å². The third-order valence-electron chi connectivity index (χ3n) is 2.65. The molecular formula is C12H12N2O. The lowest BCUT2D eigenvalue weighted by Gasteiger charge is -1.94. The molecule has 1 saturated heterocycles. The second-order valence-corrected chi connectivity index (χ2v) is 3.77. The van der Waals surface area contributed by atoms with Gasteiger partial charge in [-0.05, 0) is 6.07 Å². The predicted molar refractivity (Wildman–Crippen MR) is 57.3 cm³/mol. The molecule has 3 rings (SSSR count). The zero-order chi connectivity index (χ0) is 10.3. The smallest absolute Gasteiger partial charge is 0.123 e. The van der Waals surface area contributed by atoms with Gasteiger partial charge in [-0.2, -0.15) is 5.10 Å². The number of aryl methyl sites for hydroxylation is 1. The van der Waals surface area contributed by atoms with Crippen molar-refractivity contribution in [3.8, 4) is 11.3 Å². The highest BCUT2D eigenvalue weighted by atomic mass is 16.6. The van der Waals surface area contributed by atoms with Crippen LogP contribution in [0.15, 0.2) is 36.4 Å². The van der Waals surface area contributed by atoms with E-state index in [-0.39, 0.29) is 6.10 Å². The predicted octanol–water partition coefficient (Wildman–Crippen LogP) is 2.16. The molecule has 0 radical (unpaired) electrons. The Kier molecular flexibility index (Phi) is 1.86. The fourth-order valence-electron chi connectivity index (χ4n) is 1.75. The number of nitrogens with zero attached hydrogens (tertiary/aromatic N) is 2. The van der Waals surface area contributed by atoms with E-state index in [0.717, 1.165) is 23.6 Å². The van der Waals surface area contributed by atoms with Crippen LogP contribution in [0.1, 0.15) is 11.8 Å². The van der Waals surface area contributed by atoms with Crippen molar-refractivity contribution in [2.24, 2.45) is 7.05 Å². The average molecular weight is 200 g/mol. The fraction of sp³-hybridized carbons (Fsp3) is 0.250. The van der Waals surface area contributed by atoms with E-state index in [1.165, 1.54) is 0 Å². The second-order valence-electron chi connectivity index (χ2n) is 3.77. The average Bonchev–Trinajstić information content (AvgIpc) is 3.04. The molecule has 1 atom stereocenters. The molecule has 1 aliphatic rings. The Hall–Kier alpha value is -1.61. The molecule has 1 fully saturated rings. The molecule has 0 unspecified atom stereocenters. The van der Waals surface area contributed by atoms with Crippen LogP contribution >= 0.6 is 0 Å². The molecule has 0 bridgehead atoms. The highest BCUT2D eigenvalue weighted by Crippen LogP contribution is 2.31. The number of aromatic nitrogens is 2. The van der Waals surface area contributed by atoms with Crippen LogP contribution in [0.4, 0.5) is 0 Å². The molecule has 2 heterocycles. The molecule has 2 aromatic rings. The van der Waals surface area contributed by atoms with E-state index < -0.39 is 0 Å². The Morgan fingerprint density at radius 3 is 2.73 bits per heavy atom. The molecule has 15 heavy (non-hydrogen) atoms. The molecular weight excluding hydrogens is 188 g/mol. The largest absolute Gasteiger partial charge is 0.366 e. The number of benzene rings is 1. The van der Waals surface area contributed by atoms with Gasteiger partial charge in [0.25, 0.3) is 0 Å². The third kappa shape index (κ3) is 1.55. The zero-order valence-electron chi connectivity index (χ0n) is 8.55. The number of ether oxygens (including phenoxy) is 1. The van der Waals surface area contributed by atoms with Gasteiger partial charge < -0.3 is 4.74 Å². The molecule has 1 aromatic carbocycles. The van der Waals surface area contributed by atoms with Gasteiger partial charge in [-0.3, -0.25) is 4.68 Å². The minimum Gasteiger partial charge on any atom is -0.366 e. The van der Waals surface area contributed by atoms with Crippen LogP contribution in [0.2, 0.25) is 0 Å². The summed E-state index contributed by atoms with van der Waals surface area (Å²) in [5.41, 5.74) is 3.33. The van der Waals surface area contributed by atoms with Crippen LogP contribution in [0.5, 0.6) is 0 Å². The Bertz CT molecular complexity index is 472. The van der Waals surface area contributed by atoms with E-state index >= 15 is 0 Å². The van der Waals surface area contributed by atoms with Crippen LogP contribution in [0.3, 0.4) is 0 Å². The summed E-state index contributed by atoms with van der Waals surface area (Å²) in [6.45, 7) is 0.827. The molecule has 0 amide bonds. The van der Waals surface area contributed by atoms with Crippen molar-refractivity contribution in [3.05, 3.63) is 42.1 Å². The lowest BCUT2D eigenvalue weighted by Crippen LogP contribution is -1.96. The molecule has 0 N–H and O–H groups in total. The van der Waals surface area contributed by atoms with E-state index in [2.05, 4.69) is 23.3 Å². The van der Waals surface area contributed by atoms with Gasteiger partial charge in [-0.25, -0.2) is 0 Å². The summed E-state index contributed by atoms with van der Waals surface area (Å²) in [7, 11) is 1.96. The molecule has 0 saturated carbocycles. The van der Waals surface area contributed by atoms with E-state index in [4.69, 9.17) is 4.74 Å². The van der Waals surface area contributed by atoms with Crippen molar-refractivity contribution in [1.82, 2.24) is 9.78 Å². The second kappa shape index (κ2) is 3.21. The normalized spacial score (nSPS) is 19.1. The standard InChI is InChI=1S/C12H12N2O/c1-14-11(12-8-15-12)7-10(13-14)9-5-3-2-4-6-9/h2-7,12H,8H2,1H3/t12-/m1/s1. The van der Waals surface area contributed by atoms with E-state index in [1.807, 2.05) is 29.9 Å². The van der Waals surface area contributed by atoms with Crippen molar-refractivity contribution in [2.75, 3.05) is 6.61 Å². The number of rotatable bonds is 2. The Morgan fingerprint density at radius 2 is 2.07 bits per heavy atom. The van der Waals surface area contributed by atoms with Crippen molar-refractivity contribution < 1.29 is 4.74 Å². The summed E-state index contributed by atoms with van der Waals surface area (Å²) in [6.07, 6.45) is 0.264. The van der Waals surface area contributed by atoms with Crippen LogP contribution in [0.25, 0.3) is 11.3 Å². The summed E-state index contributed by atoms with van der Waals surface area (Å²) in [5, 5.41) is 4.48. The first kappa shape index (κ1) is 8.68. The monoisotopic (exact) mass is 200 g/mol. The highest BCUT2D eigenvalue weighted by molar-refractivity contribution is 5.59. The first-order chi connectivity index (χ1) is 7.34. The molecule has 3 nitrogen and oxygen atoms in total. The quantitative estimate of drug-likeness (QED) is 0.695. The number of hydrogen-bond donors (Lipinski definition) is 0. The number of epoxide rings is 1. The van der Waals surface area contributed by atoms with Crippen LogP contribution in [0, 0.1) is 0 Å². The van der Waals surface area contributed by atoms with Crippen molar-refractivity contribution >= 4 is 0 Å². The van der Waals surface area contributed by atoms with Gasteiger partial charge in [0.2, 0.25) is 0 Å². The van der Waals surface area contributed by atoms with Gasteiger partial charge in [0.05, 0.1) is 18.0 Å². The molecule has 3 heteroatoms. The van der Waals surface area contributed by atoms with Gasteiger partial charge in [0, 0.05) is 12.6 Å². The SMILES string of the molecule is Cn1nc(-c2ccccc2)cc1[C@H]1CO1. The molecule has 76 valence electrons. The lowest BCUT2D eigenvalue weighted by molar-refractivity contribution is 0.404. The third-order valence-corrected chi connectivity index (χ3v) is 2.65. The lowest BCUT2D eigenvalue weighted by atomic mass is 10.1. The summed E-state index contributed by atoms with van der Waals surface area (Å²) in [4.78, 5) is 0. The number of hydrogen-bond acceptors (Lipinski definition) is 2. The van der Waals surface area contributed by atoms with Crippen LogP contribution in [-0.4, -0.2) is 16.4 Å². The van der Waals surface area contributed by atoms with Gasteiger partial charge in [-0.15, -0.1) is 0 Å².